The minimum Gasteiger partial charge on any atom is -0.493 e. The van der Waals surface area contributed by atoms with Crippen molar-refractivity contribution in [1.29, 1.82) is 0 Å². The minimum absolute atomic E-state index is 0.640. The van der Waals surface area contributed by atoms with Crippen LogP contribution in [0, 0.1) is 0 Å². The van der Waals surface area contributed by atoms with E-state index in [9.17, 15) is 0 Å². The number of para-hydroxylation sites is 1. The third kappa shape index (κ3) is 7.40. The summed E-state index contributed by atoms with van der Waals surface area (Å²) in [5, 5.41) is 14.8. The molecule has 1 aliphatic rings. The van der Waals surface area contributed by atoms with Gasteiger partial charge in [-0.1, -0.05) is 18.2 Å². The van der Waals surface area contributed by atoms with E-state index in [1.165, 1.54) is 0 Å². The predicted molar refractivity (Wildman–Crippen MR) is 131 cm³/mol. The van der Waals surface area contributed by atoms with Crippen LogP contribution in [-0.4, -0.2) is 93.7 Å². The average Bonchev–Trinajstić information content (AvgIpc) is 2.89. The number of aliphatic carboxylic acids is 2. The van der Waals surface area contributed by atoms with E-state index >= 15 is 0 Å². The van der Waals surface area contributed by atoms with E-state index in [1.807, 2.05) is 24.3 Å². The summed E-state index contributed by atoms with van der Waals surface area (Å²) in [6.45, 7) is 5.56. The zero-order chi connectivity index (χ0) is 26.7. The van der Waals surface area contributed by atoms with E-state index < -0.39 is 11.9 Å². The molecule has 198 valence electrons. The highest BCUT2D eigenvalue weighted by atomic mass is 16.5. The minimum atomic E-state index is -1.82. The lowest BCUT2D eigenvalue weighted by molar-refractivity contribution is -0.159. The van der Waals surface area contributed by atoms with Gasteiger partial charge in [-0.2, -0.15) is 0 Å². The summed E-state index contributed by atoms with van der Waals surface area (Å²) in [5.41, 5.74) is 2.24. The Balaban J connectivity index is 0.000000678. The highest BCUT2D eigenvalue weighted by Gasteiger charge is 2.22. The van der Waals surface area contributed by atoms with Crippen LogP contribution in [0.5, 0.6) is 28.7 Å². The van der Waals surface area contributed by atoms with Gasteiger partial charge in [-0.05, 0) is 12.1 Å². The second-order valence-corrected chi connectivity index (χ2v) is 7.81. The summed E-state index contributed by atoms with van der Waals surface area (Å²) in [5.74, 6) is -0.00603. The molecule has 11 nitrogen and oxygen atoms in total. The lowest BCUT2D eigenvalue weighted by atomic mass is 10.1. The monoisotopic (exact) mass is 506 g/mol. The number of hydrogen-bond donors (Lipinski definition) is 2. The largest absolute Gasteiger partial charge is 0.493 e. The van der Waals surface area contributed by atoms with Gasteiger partial charge in [-0.25, -0.2) is 9.59 Å². The fourth-order valence-electron chi connectivity index (χ4n) is 3.95. The van der Waals surface area contributed by atoms with Crippen molar-refractivity contribution >= 4 is 11.9 Å². The molecule has 0 aromatic heterocycles. The summed E-state index contributed by atoms with van der Waals surface area (Å²) in [7, 11) is 8.29. The topological polar surface area (TPSA) is 127 Å². The molecule has 1 heterocycles. The van der Waals surface area contributed by atoms with E-state index in [-0.39, 0.29) is 0 Å². The highest BCUT2D eigenvalue weighted by molar-refractivity contribution is 6.27. The molecule has 2 aromatic carbocycles. The Morgan fingerprint density at radius 3 is 1.50 bits per heavy atom. The van der Waals surface area contributed by atoms with E-state index in [0.717, 1.165) is 67.6 Å². The van der Waals surface area contributed by atoms with Crippen molar-refractivity contribution in [2.45, 2.75) is 13.1 Å². The zero-order valence-corrected chi connectivity index (χ0v) is 21.3. The predicted octanol–water partition coefficient (Wildman–Crippen LogP) is 2.20. The number of carboxylic acid groups (broad SMARTS) is 2. The Hall–Kier alpha value is -3.70. The molecule has 0 bridgehead atoms. The number of nitrogens with zero attached hydrogens (tertiary/aromatic N) is 2. The first-order valence-corrected chi connectivity index (χ1v) is 11.2. The Bertz CT molecular complexity index is 1010. The molecule has 0 atom stereocenters. The van der Waals surface area contributed by atoms with Crippen LogP contribution in [0.2, 0.25) is 0 Å². The van der Waals surface area contributed by atoms with Crippen LogP contribution in [0.25, 0.3) is 0 Å². The van der Waals surface area contributed by atoms with Crippen LogP contribution in [0.15, 0.2) is 30.3 Å². The molecule has 2 aromatic rings. The Labute approximate surface area is 210 Å². The summed E-state index contributed by atoms with van der Waals surface area (Å²) in [6.07, 6.45) is 0. The second kappa shape index (κ2) is 14.0. The van der Waals surface area contributed by atoms with Gasteiger partial charge in [0, 0.05) is 50.4 Å². The third-order valence-electron chi connectivity index (χ3n) is 5.71. The van der Waals surface area contributed by atoms with Crippen molar-refractivity contribution in [2.75, 3.05) is 61.7 Å². The van der Waals surface area contributed by atoms with Gasteiger partial charge in [0.15, 0.2) is 23.0 Å². The molecule has 0 spiro atoms. The standard InChI is InChI=1S/C23H32N2O5.C2H2O4/c1-26-19-8-6-7-17(21(19)28-3)15-24-11-13-25(14-12-24)16-18-9-10-20(27-2)23(30-5)22(18)29-4;3-1(4)2(5)6/h6-10H,11-16H2,1-5H3;(H,3,4)(H,5,6). The van der Waals surface area contributed by atoms with E-state index in [2.05, 4.69) is 15.9 Å². The number of hydrogen-bond acceptors (Lipinski definition) is 9. The maximum Gasteiger partial charge on any atom is 0.414 e. The van der Waals surface area contributed by atoms with Crippen LogP contribution in [0.4, 0.5) is 0 Å². The van der Waals surface area contributed by atoms with Crippen molar-refractivity contribution in [3.63, 3.8) is 0 Å². The number of carbonyl (C=O) groups is 2. The number of methoxy groups -OCH3 is 5. The van der Waals surface area contributed by atoms with E-state index in [4.69, 9.17) is 43.5 Å². The fraction of sp³-hybridized carbons (Fsp3) is 0.440. The van der Waals surface area contributed by atoms with Crippen molar-refractivity contribution in [3.05, 3.63) is 41.5 Å². The maximum absolute atomic E-state index is 9.10. The Morgan fingerprint density at radius 1 is 0.639 bits per heavy atom. The molecule has 0 radical (unpaired) electrons. The van der Waals surface area contributed by atoms with Crippen molar-refractivity contribution in [1.82, 2.24) is 9.80 Å². The van der Waals surface area contributed by atoms with Gasteiger partial charge < -0.3 is 33.9 Å². The van der Waals surface area contributed by atoms with Crippen LogP contribution in [0.1, 0.15) is 11.1 Å². The molecule has 1 aliphatic heterocycles. The molecule has 2 N–H and O–H groups in total. The van der Waals surface area contributed by atoms with Crippen molar-refractivity contribution in [3.8, 4) is 28.7 Å². The smallest absolute Gasteiger partial charge is 0.414 e. The van der Waals surface area contributed by atoms with E-state index in [1.54, 1.807) is 35.5 Å². The number of piperazine rings is 1. The van der Waals surface area contributed by atoms with Gasteiger partial charge in [-0.15, -0.1) is 0 Å². The number of benzene rings is 2. The molecule has 0 aliphatic carbocycles. The molecule has 1 fully saturated rings. The van der Waals surface area contributed by atoms with Crippen molar-refractivity contribution in [2.24, 2.45) is 0 Å². The van der Waals surface area contributed by atoms with Crippen LogP contribution >= 0.6 is 0 Å². The molecular formula is C25H34N2O9. The summed E-state index contributed by atoms with van der Waals surface area (Å²) in [4.78, 5) is 23.1. The second-order valence-electron chi connectivity index (χ2n) is 7.81. The maximum atomic E-state index is 9.10. The zero-order valence-electron chi connectivity index (χ0n) is 21.3. The molecule has 0 unspecified atom stereocenters. The first-order chi connectivity index (χ1) is 17.3. The fourth-order valence-corrected chi connectivity index (χ4v) is 3.95. The van der Waals surface area contributed by atoms with Gasteiger partial charge in [0.2, 0.25) is 5.75 Å². The summed E-state index contributed by atoms with van der Waals surface area (Å²) in [6, 6.07) is 10.0. The van der Waals surface area contributed by atoms with Crippen LogP contribution < -0.4 is 23.7 Å². The number of ether oxygens (including phenoxy) is 5. The van der Waals surface area contributed by atoms with Gasteiger partial charge in [0.05, 0.1) is 35.5 Å². The van der Waals surface area contributed by atoms with Gasteiger partial charge in [-0.3, -0.25) is 9.80 Å². The molecule has 11 heteroatoms. The molecule has 1 saturated heterocycles. The molecule has 0 saturated carbocycles. The molecule has 0 amide bonds. The average molecular weight is 507 g/mol. The third-order valence-corrected chi connectivity index (χ3v) is 5.71. The van der Waals surface area contributed by atoms with E-state index in [0.29, 0.717) is 11.5 Å². The quantitative estimate of drug-likeness (QED) is 0.486. The SMILES string of the molecule is COc1cccc(CN2CCN(Cc3ccc(OC)c(OC)c3OC)CC2)c1OC.O=C(O)C(=O)O. The van der Waals surface area contributed by atoms with Crippen LogP contribution in [0.3, 0.4) is 0 Å². The first-order valence-electron chi connectivity index (χ1n) is 11.2. The lowest BCUT2D eigenvalue weighted by Crippen LogP contribution is -2.45. The lowest BCUT2D eigenvalue weighted by Gasteiger charge is -2.35. The normalized spacial score (nSPS) is 13.7. The highest BCUT2D eigenvalue weighted by Crippen LogP contribution is 2.40. The summed E-state index contributed by atoms with van der Waals surface area (Å²) < 4.78 is 27.5. The van der Waals surface area contributed by atoms with Crippen molar-refractivity contribution < 1.29 is 43.5 Å². The molecular weight excluding hydrogens is 472 g/mol. The van der Waals surface area contributed by atoms with Gasteiger partial charge in [0.25, 0.3) is 0 Å². The molecule has 3 rings (SSSR count). The first kappa shape index (κ1) is 28.5. The summed E-state index contributed by atoms with van der Waals surface area (Å²) >= 11 is 0. The van der Waals surface area contributed by atoms with Gasteiger partial charge >= 0.3 is 11.9 Å². The van der Waals surface area contributed by atoms with Gasteiger partial charge in [0.1, 0.15) is 0 Å². The number of carboxylic acids is 2. The Kier molecular flexibility index (Phi) is 11.1. The molecule has 36 heavy (non-hydrogen) atoms. The Morgan fingerprint density at radius 2 is 1.08 bits per heavy atom. The number of rotatable bonds is 9. The van der Waals surface area contributed by atoms with Crippen LogP contribution in [-0.2, 0) is 22.7 Å².